The van der Waals surface area contributed by atoms with Crippen LogP contribution in [0.25, 0.3) is 0 Å². The van der Waals surface area contributed by atoms with Gasteiger partial charge in [-0.25, -0.2) is 4.39 Å². The van der Waals surface area contributed by atoms with Gasteiger partial charge in [0.05, 0.1) is 5.60 Å². The Balaban J connectivity index is 2.46. The Hall–Kier alpha value is -0.110. The zero-order valence-corrected chi connectivity index (χ0v) is 7.31. The third-order valence-electron chi connectivity index (χ3n) is 2.61. The van der Waals surface area contributed by atoms with E-state index in [-0.39, 0.29) is 5.92 Å². The van der Waals surface area contributed by atoms with Crippen LogP contribution in [-0.4, -0.2) is 16.9 Å². The third kappa shape index (κ3) is 2.44. The van der Waals surface area contributed by atoms with Gasteiger partial charge in [-0.15, -0.1) is 0 Å². The Bertz CT molecular complexity index is 128. The number of alkyl halides is 1. The van der Waals surface area contributed by atoms with Gasteiger partial charge in [0.2, 0.25) is 0 Å². The highest BCUT2D eigenvalue weighted by molar-refractivity contribution is 4.83. The van der Waals surface area contributed by atoms with Crippen LogP contribution < -0.4 is 0 Å². The Morgan fingerprint density at radius 1 is 1.36 bits per heavy atom. The van der Waals surface area contributed by atoms with Gasteiger partial charge in [0, 0.05) is 0 Å². The number of halogens is 1. The first kappa shape index (κ1) is 8.98. The maximum absolute atomic E-state index is 12.9. The minimum Gasteiger partial charge on any atom is -0.390 e. The molecule has 1 aliphatic rings. The molecule has 0 aromatic heterocycles. The van der Waals surface area contributed by atoms with E-state index in [0.717, 1.165) is 12.8 Å². The van der Waals surface area contributed by atoms with Crippen LogP contribution in [0.4, 0.5) is 4.39 Å². The van der Waals surface area contributed by atoms with Crippen LogP contribution in [-0.2, 0) is 0 Å². The van der Waals surface area contributed by atoms with E-state index in [9.17, 15) is 9.50 Å². The summed E-state index contributed by atoms with van der Waals surface area (Å²) in [5, 5.41) is 9.59. The Morgan fingerprint density at radius 3 is 2.36 bits per heavy atom. The lowest BCUT2D eigenvalue weighted by Gasteiger charge is -2.33. The second-order valence-corrected chi connectivity index (χ2v) is 4.11. The number of hydrogen-bond acceptors (Lipinski definition) is 1. The van der Waals surface area contributed by atoms with Crippen molar-refractivity contribution in [1.29, 1.82) is 0 Å². The van der Waals surface area contributed by atoms with Crippen molar-refractivity contribution < 1.29 is 9.50 Å². The summed E-state index contributed by atoms with van der Waals surface area (Å²) in [5.41, 5.74) is -0.690. The topological polar surface area (TPSA) is 20.2 Å². The van der Waals surface area contributed by atoms with Crippen molar-refractivity contribution in [3.8, 4) is 0 Å². The van der Waals surface area contributed by atoms with Crippen LogP contribution in [0, 0.1) is 5.92 Å². The number of hydrogen-bond donors (Lipinski definition) is 1. The van der Waals surface area contributed by atoms with Crippen molar-refractivity contribution in [2.24, 2.45) is 5.92 Å². The quantitative estimate of drug-likeness (QED) is 0.624. The molecule has 0 bridgehead atoms. The molecule has 66 valence electrons. The van der Waals surface area contributed by atoms with Gasteiger partial charge in [0.1, 0.15) is 6.17 Å². The Labute approximate surface area is 67.6 Å². The molecule has 0 aromatic rings. The summed E-state index contributed by atoms with van der Waals surface area (Å²) in [4.78, 5) is 0. The van der Waals surface area contributed by atoms with Crippen LogP contribution in [0.3, 0.4) is 0 Å². The minimum atomic E-state index is -0.690. The van der Waals surface area contributed by atoms with Crippen LogP contribution in [0.1, 0.15) is 39.5 Å². The molecule has 0 amide bonds. The molecule has 0 radical (unpaired) electrons. The van der Waals surface area contributed by atoms with Gasteiger partial charge in [-0.3, -0.25) is 0 Å². The minimum absolute atomic E-state index is 0.159. The number of aliphatic hydroxyl groups is 1. The monoisotopic (exact) mass is 160 g/mol. The van der Waals surface area contributed by atoms with Gasteiger partial charge < -0.3 is 5.11 Å². The fourth-order valence-electron chi connectivity index (χ4n) is 1.77. The standard InChI is InChI=1S/C9H17FO/c1-9(2,11)7-4-3-5-8(10)6-7/h7-8,11H,3-6H2,1-2H3/t7-,8-/m1/s1. The molecule has 0 unspecified atom stereocenters. The largest absolute Gasteiger partial charge is 0.390 e. The molecule has 1 saturated carbocycles. The van der Waals surface area contributed by atoms with Gasteiger partial charge in [0.15, 0.2) is 0 Å². The second kappa shape index (κ2) is 3.10. The molecule has 1 N–H and O–H groups in total. The summed E-state index contributed by atoms with van der Waals surface area (Å²) in [6, 6.07) is 0. The van der Waals surface area contributed by atoms with E-state index in [1.54, 1.807) is 13.8 Å². The average molecular weight is 160 g/mol. The first-order valence-electron chi connectivity index (χ1n) is 4.36. The van der Waals surface area contributed by atoms with E-state index in [1.165, 1.54) is 0 Å². The maximum atomic E-state index is 12.9. The molecule has 1 fully saturated rings. The molecular weight excluding hydrogens is 143 g/mol. The van der Waals surface area contributed by atoms with E-state index < -0.39 is 11.8 Å². The zero-order valence-electron chi connectivity index (χ0n) is 7.31. The molecule has 0 aromatic carbocycles. The summed E-state index contributed by atoms with van der Waals surface area (Å²) in [7, 11) is 0. The van der Waals surface area contributed by atoms with Crippen molar-refractivity contribution in [3.05, 3.63) is 0 Å². The van der Waals surface area contributed by atoms with Gasteiger partial charge in [-0.2, -0.15) is 0 Å². The van der Waals surface area contributed by atoms with Crippen LogP contribution in [0.5, 0.6) is 0 Å². The number of rotatable bonds is 1. The summed E-state index contributed by atoms with van der Waals surface area (Å²) in [6.45, 7) is 3.55. The SMILES string of the molecule is CC(C)(O)[C@@H]1CCC[C@@H](F)C1. The van der Waals surface area contributed by atoms with Crippen molar-refractivity contribution in [2.45, 2.75) is 51.3 Å². The molecule has 1 aliphatic carbocycles. The molecule has 2 atom stereocenters. The zero-order chi connectivity index (χ0) is 8.48. The maximum Gasteiger partial charge on any atom is 0.100 e. The van der Waals surface area contributed by atoms with Crippen LogP contribution in [0.15, 0.2) is 0 Å². The third-order valence-corrected chi connectivity index (χ3v) is 2.61. The first-order chi connectivity index (χ1) is 5.00. The van der Waals surface area contributed by atoms with E-state index in [0.29, 0.717) is 12.8 Å². The normalized spacial score (nSPS) is 33.8. The van der Waals surface area contributed by atoms with Gasteiger partial charge >= 0.3 is 0 Å². The van der Waals surface area contributed by atoms with Crippen molar-refractivity contribution in [3.63, 3.8) is 0 Å². The molecule has 2 heteroatoms. The van der Waals surface area contributed by atoms with E-state index in [2.05, 4.69) is 0 Å². The molecule has 0 saturated heterocycles. The molecule has 0 heterocycles. The van der Waals surface area contributed by atoms with Crippen molar-refractivity contribution in [2.75, 3.05) is 0 Å². The fourth-order valence-corrected chi connectivity index (χ4v) is 1.77. The van der Waals surface area contributed by atoms with Gasteiger partial charge in [0.25, 0.3) is 0 Å². The summed E-state index contributed by atoms with van der Waals surface area (Å²) in [5.74, 6) is 0.159. The molecule has 11 heavy (non-hydrogen) atoms. The average Bonchev–Trinajstić information content (AvgIpc) is 1.86. The molecule has 0 spiro atoms. The molecule has 0 aliphatic heterocycles. The second-order valence-electron chi connectivity index (χ2n) is 4.11. The predicted octanol–water partition coefficient (Wildman–Crippen LogP) is 2.29. The van der Waals surface area contributed by atoms with Gasteiger partial charge in [-0.1, -0.05) is 6.42 Å². The van der Waals surface area contributed by atoms with Crippen molar-refractivity contribution >= 4 is 0 Å². The fraction of sp³-hybridized carbons (Fsp3) is 1.00. The van der Waals surface area contributed by atoms with E-state index in [1.807, 2.05) is 0 Å². The molecular formula is C9H17FO. The molecule has 1 rings (SSSR count). The highest BCUT2D eigenvalue weighted by Crippen LogP contribution is 2.33. The van der Waals surface area contributed by atoms with E-state index in [4.69, 9.17) is 0 Å². The summed E-state index contributed by atoms with van der Waals surface area (Å²) >= 11 is 0. The van der Waals surface area contributed by atoms with Crippen LogP contribution in [0.2, 0.25) is 0 Å². The predicted molar refractivity (Wildman–Crippen MR) is 43.2 cm³/mol. The summed E-state index contributed by atoms with van der Waals surface area (Å²) in [6.07, 6.45) is 2.45. The van der Waals surface area contributed by atoms with Crippen molar-refractivity contribution in [1.82, 2.24) is 0 Å². The lowest BCUT2D eigenvalue weighted by Crippen LogP contribution is -2.35. The highest BCUT2D eigenvalue weighted by atomic mass is 19.1. The molecule has 1 nitrogen and oxygen atoms in total. The van der Waals surface area contributed by atoms with Crippen LogP contribution >= 0.6 is 0 Å². The highest BCUT2D eigenvalue weighted by Gasteiger charge is 2.31. The smallest absolute Gasteiger partial charge is 0.100 e. The lowest BCUT2D eigenvalue weighted by atomic mass is 9.78. The lowest BCUT2D eigenvalue weighted by molar-refractivity contribution is -0.0139. The van der Waals surface area contributed by atoms with Gasteiger partial charge in [-0.05, 0) is 39.0 Å². The Kier molecular flexibility index (Phi) is 2.53. The van der Waals surface area contributed by atoms with E-state index >= 15 is 0 Å². The first-order valence-corrected chi connectivity index (χ1v) is 4.36. The summed E-state index contributed by atoms with van der Waals surface area (Å²) < 4.78 is 12.9. The Morgan fingerprint density at radius 2 is 2.00 bits per heavy atom.